The highest BCUT2D eigenvalue weighted by atomic mass is 35.5. The predicted octanol–water partition coefficient (Wildman–Crippen LogP) is 4.47. The molecule has 0 aromatic heterocycles. The monoisotopic (exact) mass is 345 g/mol. The molecule has 0 aliphatic carbocycles. The Bertz CT molecular complexity index is 673. The number of carbonyl (C=O) groups is 1. The SMILES string of the molecule is CCOC(=O)[C@@H](C)C[C@H](N)Cc1ccc(-c2ccccc2)c(Cl)c1. The van der Waals surface area contributed by atoms with Crippen molar-refractivity contribution >= 4 is 17.6 Å². The molecule has 2 aromatic carbocycles. The maximum atomic E-state index is 11.7. The van der Waals surface area contributed by atoms with Gasteiger partial charge in [0.05, 0.1) is 12.5 Å². The second-order valence-corrected chi connectivity index (χ2v) is 6.44. The van der Waals surface area contributed by atoms with Gasteiger partial charge in [0.25, 0.3) is 0 Å². The molecule has 128 valence electrons. The predicted molar refractivity (Wildman–Crippen MR) is 99.0 cm³/mol. The zero-order chi connectivity index (χ0) is 17.5. The first-order valence-corrected chi connectivity index (χ1v) is 8.65. The first-order chi connectivity index (χ1) is 11.5. The van der Waals surface area contributed by atoms with Crippen molar-refractivity contribution in [1.82, 2.24) is 0 Å². The van der Waals surface area contributed by atoms with E-state index in [2.05, 4.69) is 0 Å². The summed E-state index contributed by atoms with van der Waals surface area (Å²) < 4.78 is 5.02. The third-order valence-corrected chi connectivity index (χ3v) is 4.27. The maximum absolute atomic E-state index is 11.7. The first-order valence-electron chi connectivity index (χ1n) is 8.27. The molecule has 0 saturated heterocycles. The van der Waals surface area contributed by atoms with E-state index in [9.17, 15) is 4.79 Å². The van der Waals surface area contributed by atoms with Gasteiger partial charge in [0.15, 0.2) is 0 Å². The quantitative estimate of drug-likeness (QED) is 0.753. The van der Waals surface area contributed by atoms with Gasteiger partial charge >= 0.3 is 5.97 Å². The van der Waals surface area contributed by atoms with Gasteiger partial charge in [-0.05, 0) is 37.0 Å². The molecule has 2 N–H and O–H groups in total. The molecule has 2 atom stereocenters. The zero-order valence-electron chi connectivity index (χ0n) is 14.2. The lowest BCUT2D eigenvalue weighted by Gasteiger charge is -2.17. The molecule has 0 saturated carbocycles. The standard InChI is InChI=1S/C20H24ClNO2/c1-3-24-20(23)14(2)11-17(22)12-15-9-10-18(19(21)13-15)16-7-5-4-6-8-16/h4-10,13-14,17H,3,11-12,22H2,1-2H3/t14-,17-/m0/s1. The van der Waals surface area contributed by atoms with E-state index < -0.39 is 0 Å². The smallest absolute Gasteiger partial charge is 0.308 e. The Labute approximate surface area is 148 Å². The van der Waals surface area contributed by atoms with E-state index in [0.29, 0.717) is 24.5 Å². The van der Waals surface area contributed by atoms with Crippen molar-refractivity contribution in [1.29, 1.82) is 0 Å². The highest BCUT2D eigenvalue weighted by Gasteiger charge is 2.18. The minimum atomic E-state index is -0.195. The van der Waals surface area contributed by atoms with Crippen molar-refractivity contribution in [2.24, 2.45) is 11.7 Å². The molecule has 3 nitrogen and oxygen atoms in total. The van der Waals surface area contributed by atoms with Crippen LogP contribution >= 0.6 is 11.6 Å². The average molecular weight is 346 g/mol. The van der Waals surface area contributed by atoms with Gasteiger partial charge in [-0.2, -0.15) is 0 Å². The fraction of sp³-hybridized carbons (Fsp3) is 0.350. The Morgan fingerprint density at radius 3 is 2.54 bits per heavy atom. The summed E-state index contributed by atoms with van der Waals surface area (Å²) in [6.07, 6.45) is 1.27. The van der Waals surface area contributed by atoms with Crippen molar-refractivity contribution in [2.45, 2.75) is 32.7 Å². The van der Waals surface area contributed by atoms with Crippen molar-refractivity contribution < 1.29 is 9.53 Å². The second kappa shape index (κ2) is 8.86. The highest BCUT2D eigenvalue weighted by molar-refractivity contribution is 6.33. The summed E-state index contributed by atoms with van der Waals surface area (Å²) in [6.45, 7) is 4.05. The lowest BCUT2D eigenvalue weighted by atomic mass is 9.95. The Kier molecular flexibility index (Phi) is 6.83. The largest absolute Gasteiger partial charge is 0.466 e. The number of benzene rings is 2. The van der Waals surface area contributed by atoms with Crippen LogP contribution in [0.2, 0.25) is 5.02 Å². The lowest BCUT2D eigenvalue weighted by molar-refractivity contribution is -0.147. The van der Waals surface area contributed by atoms with Gasteiger partial charge in [0, 0.05) is 16.6 Å². The van der Waals surface area contributed by atoms with Crippen LogP contribution in [0.15, 0.2) is 48.5 Å². The summed E-state index contributed by atoms with van der Waals surface area (Å²) in [4.78, 5) is 11.7. The van der Waals surface area contributed by atoms with Gasteiger partial charge in [-0.3, -0.25) is 4.79 Å². The average Bonchev–Trinajstić information content (AvgIpc) is 2.55. The van der Waals surface area contributed by atoms with Crippen molar-refractivity contribution in [2.75, 3.05) is 6.61 Å². The van der Waals surface area contributed by atoms with Gasteiger partial charge in [-0.1, -0.05) is 61.0 Å². The molecule has 24 heavy (non-hydrogen) atoms. The van der Waals surface area contributed by atoms with E-state index in [0.717, 1.165) is 16.7 Å². The molecule has 0 aliphatic rings. The number of hydrogen-bond donors (Lipinski definition) is 1. The Morgan fingerprint density at radius 2 is 1.92 bits per heavy atom. The van der Waals surface area contributed by atoms with Gasteiger partial charge in [0.1, 0.15) is 0 Å². The molecular weight excluding hydrogens is 322 g/mol. The number of hydrogen-bond acceptors (Lipinski definition) is 3. The maximum Gasteiger partial charge on any atom is 0.308 e. The van der Waals surface area contributed by atoms with Crippen molar-refractivity contribution in [3.63, 3.8) is 0 Å². The Balaban J connectivity index is 2.01. The van der Waals surface area contributed by atoms with E-state index in [-0.39, 0.29) is 17.9 Å². The number of carbonyl (C=O) groups excluding carboxylic acids is 1. The third-order valence-electron chi connectivity index (χ3n) is 3.96. The van der Waals surface area contributed by atoms with Gasteiger partial charge < -0.3 is 10.5 Å². The summed E-state index contributed by atoms with van der Waals surface area (Å²) in [7, 11) is 0. The van der Waals surface area contributed by atoms with Crippen molar-refractivity contribution in [3.05, 3.63) is 59.1 Å². The van der Waals surface area contributed by atoms with Crippen LogP contribution in [-0.2, 0) is 16.0 Å². The molecule has 2 rings (SSSR count). The molecule has 0 heterocycles. The number of halogens is 1. The van der Waals surface area contributed by atoms with Crippen LogP contribution in [-0.4, -0.2) is 18.6 Å². The molecule has 0 fully saturated rings. The van der Waals surface area contributed by atoms with E-state index >= 15 is 0 Å². The Hall–Kier alpha value is -1.84. The topological polar surface area (TPSA) is 52.3 Å². The zero-order valence-corrected chi connectivity index (χ0v) is 14.9. The molecule has 0 aliphatic heterocycles. The molecule has 4 heteroatoms. The highest BCUT2D eigenvalue weighted by Crippen LogP contribution is 2.29. The summed E-state index contributed by atoms with van der Waals surface area (Å²) in [5.41, 5.74) is 9.36. The molecule has 0 unspecified atom stereocenters. The summed E-state index contributed by atoms with van der Waals surface area (Å²) in [6, 6.07) is 16.0. The van der Waals surface area contributed by atoms with Gasteiger partial charge in [-0.15, -0.1) is 0 Å². The van der Waals surface area contributed by atoms with Crippen LogP contribution < -0.4 is 5.73 Å². The summed E-state index contributed by atoms with van der Waals surface area (Å²) >= 11 is 6.43. The Morgan fingerprint density at radius 1 is 1.21 bits per heavy atom. The number of nitrogens with two attached hydrogens (primary N) is 1. The molecular formula is C20H24ClNO2. The molecule has 0 amide bonds. The third kappa shape index (κ3) is 5.08. The van der Waals surface area contributed by atoms with Gasteiger partial charge in [-0.25, -0.2) is 0 Å². The molecule has 2 aromatic rings. The second-order valence-electron chi connectivity index (χ2n) is 6.03. The number of esters is 1. The summed E-state index contributed by atoms with van der Waals surface area (Å²) in [5.74, 6) is -0.385. The minimum absolute atomic E-state index is 0.108. The lowest BCUT2D eigenvalue weighted by Crippen LogP contribution is -2.29. The minimum Gasteiger partial charge on any atom is -0.466 e. The van der Waals surface area contributed by atoms with E-state index in [4.69, 9.17) is 22.1 Å². The van der Waals surface area contributed by atoms with E-state index in [1.54, 1.807) is 6.92 Å². The van der Waals surface area contributed by atoms with Crippen LogP contribution in [0.1, 0.15) is 25.8 Å². The van der Waals surface area contributed by atoms with Crippen LogP contribution in [0.25, 0.3) is 11.1 Å². The first kappa shape index (κ1) is 18.5. The number of rotatable bonds is 7. The van der Waals surface area contributed by atoms with Crippen LogP contribution in [0, 0.1) is 5.92 Å². The van der Waals surface area contributed by atoms with E-state index in [1.165, 1.54) is 0 Å². The molecule has 0 spiro atoms. The fourth-order valence-electron chi connectivity index (χ4n) is 2.76. The normalized spacial score (nSPS) is 13.3. The van der Waals surface area contributed by atoms with Crippen molar-refractivity contribution in [3.8, 4) is 11.1 Å². The van der Waals surface area contributed by atoms with E-state index in [1.807, 2.05) is 55.5 Å². The van der Waals surface area contributed by atoms with Crippen LogP contribution in [0.4, 0.5) is 0 Å². The number of ether oxygens (including phenoxy) is 1. The van der Waals surface area contributed by atoms with Crippen LogP contribution in [0.5, 0.6) is 0 Å². The fourth-order valence-corrected chi connectivity index (χ4v) is 3.07. The molecule has 0 bridgehead atoms. The van der Waals surface area contributed by atoms with Gasteiger partial charge in [0.2, 0.25) is 0 Å². The molecule has 0 radical (unpaired) electrons. The van der Waals surface area contributed by atoms with Crippen LogP contribution in [0.3, 0.4) is 0 Å². The summed E-state index contributed by atoms with van der Waals surface area (Å²) in [5, 5.41) is 0.712.